The Morgan fingerprint density at radius 3 is 1.50 bits per heavy atom. The second-order valence-corrected chi connectivity index (χ2v) is 14.1. The number of anilines is 3. The van der Waals surface area contributed by atoms with Crippen molar-refractivity contribution in [3.63, 3.8) is 0 Å². The number of hydrogen-bond donors (Lipinski definition) is 0. The van der Waals surface area contributed by atoms with Crippen LogP contribution < -0.4 is 4.90 Å². The number of hydrogen-bond acceptors (Lipinski definition) is 1. The fourth-order valence-electron chi connectivity index (χ4n) is 8.80. The normalized spacial score (nSPS) is 12.6. The van der Waals surface area contributed by atoms with Crippen LogP contribution in [0.1, 0.15) is 22.3 Å². The molecule has 0 radical (unpaired) electrons. The van der Waals surface area contributed by atoms with Gasteiger partial charge in [0.1, 0.15) is 0 Å². The maximum Gasteiger partial charge on any atom is 0.0714 e. The minimum absolute atomic E-state index is 0.469. The van der Waals surface area contributed by atoms with Crippen LogP contribution in [0.15, 0.2) is 224 Å². The highest BCUT2D eigenvalue weighted by atomic mass is 15.1. The molecule has 0 spiro atoms. The van der Waals surface area contributed by atoms with Gasteiger partial charge in [-0.2, -0.15) is 0 Å². The molecule has 0 heterocycles. The number of benzene rings is 9. The van der Waals surface area contributed by atoms with E-state index in [9.17, 15) is 0 Å². The predicted octanol–water partition coefficient (Wildman–Crippen LogP) is 14.0. The van der Waals surface area contributed by atoms with Gasteiger partial charge >= 0.3 is 0 Å². The fraction of sp³-hybridized carbons (Fsp3) is 0.0189. The molecule has 0 fully saturated rings. The zero-order valence-electron chi connectivity index (χ0n) is 29.8. The van der Waals surface area contributed by atoms with Crippen molar-refractivity contribution in [2.75, 3.05) is 4.90 Å². The van der Waals surface area contributed by atoms with Crippen molar-refractivity contribution >= 4 is 27.8 Å². The van der Waals surface area contributed by atoms with Gasteiger partial charge in [-0.3, -0.25) is 0 Å². The molecule has 1 aliphatic carbocycles. The lowest BCUT2D eigenvalue weighted by atomic mass is 9.68. The first-order chi connectivity index (χ1) is 26.8. The maximum atomic E-state index is 2.43. The van der Waals surface area contributed by atoms with Crippen LogP contribution >= 0.6 is 0 Å². The van der Waals surface area contributed by atoms with E-state index < -0.39 is 5.41 Å². The van der Waals surface area contributed by atoms with Gasteiger partial charge in [-0.15, -0.1) is 0 Å². The van der Waals surface area contributed by atoms with Crippen LogP contribution in [0.25, 0.3) is 44.2 Å². The van der Waals surface area contributed by atoms with Crippen LogP contribution in [0, 0.1) is 0 Å². The van der Waals surface area contributed by atoms with Crippen LogP contribution in [-0.2, 0) is 5.41 Å². The average Bonchev–Trinajstić information content (AvgIpc) is 3.57. The summed E-state index contributed by atoms with van der Waals surface area (Å²) in [4.78, 5) is 2.43. The highest BCUT2D eigenvalue weighted by Crippen LogP contribution is 2.59. The van der Waals surface area contributed by atoms with Gasteiger partial charge in [0, 0.05) is 16.9 Å². The Morgan fingerprint density at radius 1 is 0.315 bits per heavy atom. The second kappa shape index (κ2) is 13.2. The summed E-state index contributed by atoms with van der Waals surface area (Å²) in [7, 11) is 0. The largest absolute Gasteiger partial charge is 0.310 e. The Morgan fingerprint density at radius 2 is 0.815 bits per heavy atom. The van der Waals surface area contributed by atoms with Crippen molar-refractivity contribution in [1.29, 1.82) is 0 Å². The number of nitrogens with zero attached hydrogens (tertiary/aromatic N) is 1. The van der Waals surface area contributed by atoms with Crippen LogP contribution in [0.3, 0.4) is 0 Å². The van der Waals surface area contributed by atoms with E-state index in [2.05, 4.69) is 229 Å². The van der Waals surface area contributed by atoms with Crippen molar-refractivity contribution in [2.24, 2.45) is 0 Å². The minimum Gasteiger partial charge on any atom is -0.310 e. The summed E-state index contributed by atoms with van der Waals surface area (Å²) in [5.74, 6) is 0. The highest BCUT2D eigenvalue weighted by molar-refractivity contribution is 5.98. The molecule has 9 aromatic carbocycles. The van der Waals surface area contributed by atoms with Crippen LogP contribution in [0.5, 0.6) is 0 Å². The Kier molecular flexibility index (Phi) is 7.78. The van der Waals surface area contributed by atoms with Gasteiger partial charge in [0.05, 0.1) is 11.1 Å². The molecule has 0 saturated heterocycles. The van der Waals surface area contributed by atoms with Gasteiger partial charge < -0.3 is 4.90 Å². The van der Waals surface area contributed by atoms with E-state index >= 15 is 0 Å². The summed E-state index contributed by atoms with van der Waals surface area (Å²) in [6.07, 6.45) is 0. The highest BCUT2D eigenvalue weighted by Gasteiger charge is 2.47. The van der Waals surface area contributed by atoms with Crippen LogP contribution in [0.4, 0.5) is 17.1 Å². The molecule has 10 rings (SSSR count). The van der Waals surface area contributed by atoms with Gasteiger partial charge in [-0.25, -0.2) is 0 Å². The van der Waals surface area contributed by atoms with Gasteiger partial charge in [0.2, 0.25) is 0 Å². The van der Waals surface area contributed by atoms with Crippen LogP contribution in [-0.4, -0.2) is 0 Å². The monoisotopic (exact) mass is 687 g/mol. The van der Waals surface area contributed by atoms with E-state index in [0.29, 0.717) is 0 Å². The van der Waals surface area contributed by atoms with Gasteiger partial charge in [0.25, 0.3) is 0 Å². The summed E-state index contributed by atoms with van der Waals surface area (Å²) in [5.41, 5.74) is 15.4. The molecule has 0 amide bonds. The second-order valence-electron chi connectivity index (χ2n) is 14.1. The number of para-hydroxylation sites is 1. The van der Waals surface area contributed by atoms with Crippen molar-refractivity contribution < 1.29 is 0 Å². The molecule has 0 saturated carbocycles. The van der Waals surface area contributed by atoms with E-state index in [1.54, 1.807) is 0 Å². The Labute approximate surface area is 317 Å². The quantitative estimate of drug-likeness (QED) is 0.161. The first kappa shape index (κ1) is 31.7. The lowest BCUT2D eigenvalue weighted by Gasteiger charge is -2.34. The van der Waals surface area contributed by atoms with Gasteiger partial charge in [-0.05, 0) is 97.2 Å². The third-order valence-electron chi connectivity index (χ3n) is 11.1. The average molecular weight is 688 g/mol. The van der Waals surface area contributed by atoms with Crippen molar-refractivity contribution in [2.45, 2.75) is 5.41 Å². The molecule has 9 aromatic rings. The smallest absolute Gasteiger partial charge is 0.0714 e. The Balaban J connectivity index is 1.15. The lowest BCUT2D eigenvalue weighted by Crippen LogP contribution is -2.28. The Hall–Kier alpha value is -6.96. The first-order valence-electron chi connectivity index (χ1n) is 18.7. The Bertz CT molecular complexity index is 2710. The molecular weight excluding hydrogens is 651 g/mol. The molecular formula is C53H37N. The topological polar surface area (TPSA) is 3.24 Å². The van der Waals surface area contributed by atoms with E-state index in [1.165, 1.54) is 66.4 Å². The van der Waals surface area contributed by atoms with Crippen molar-refractivity contribution in [3.05, 3.63) is 247 Å². The predicted molar refractivity (Wildman–Crippen MR) is 227 cm³/mol. The summed E-state index contributed by atoms with van der Waals surface area (Å²) in [6, 6.07) is 81.9. The van der Waals surface area contributed by atoms with E-state index in [-0.39, 0.29) is 0 Å². The number of rotatable bonds is 7. The summed E-state index contributed by atoms with van der Waals surface area (Å²) >= 11 is 0. The van der Waals surface area contributed by atoms with E-state index in [4.69, 9.17) is 0 Å². The zero-order chi connectivity index (χ0) is 35.9. The molecule has 0 N–H and O–H groups in total. The molecule has 1 aliphatic rings. The third-order valence-corrected chi connectivity index (χ3v) is 11.1. The molecule has 0 aromatic heterocycles. The van der Waals surface area contributed by atoms with Gasteiger partial charge in [0.15, 0.2) is 0 Å². The standard InChI is InChI=1S/C53H37N/c1-4-19-42(20-5-1)53(43-21-6-2-7-22-43)49-28-15-14-27-48(49)52-50(53)29-16-30-51(52)54(44-23-8-3-9-24-44)45-35-33-39(34-36-45)46-25-12-13-26-47(46)41-32-31-38-17-10-11-18-40(38)37-41/h1-37H. The maximum absolute atomic E-state index is 2.43. The van der Waals surface area contributed by atoms with E-state index in [1.807, 2.05) is 0 Å². The summed E-state index contributed by atoms with van der Waals surface area (Å²) in [5, 5.41) is 2.50. The molecule has 0 aliphatic heterocycles. The molecule has 0 bridgehead atoms. The molecule has 1 nitrogen and oxygen atoms in total. The third kappa shape index (κ3) is 5.09. The van der Waals surface area contributed by atoms with E-state index in [0.717, 1.165) is 17.1 Å². The molecule has 0 atom stereocenters. The molecule has 1 heteroatoms. The summed E-state index contributed by atoms with van der Waals surface area (Å²) in [6.45, 7) is 0. The minimum atomic E-state index is -0.469. The van der Waals surface area contributed by atoms with Crippen molar-refractivity contribution in [1.82, 2.24) is 0 Å². The number of fused-ring (bicyclic) bond motifs is 4. The SMILES string of the molecule is c1ccc(N(c2ccc(-c3ccccc3-c3ccc4ccccc4c3)cc2)c2cccc3c2-c2ccccc2C3(c2ccccc2)c2ccccc2)cc1. The first-order valence-corrected chi connectivity index (χ1v) is 18.7. The van der Waals surface area contributed by atoms with Crippen molar-refractivity contribution in [3.8, 4) is 33.4 Å². The molecule has 0 unspecified atom stereocenters. The lowest BCUT2D eigenvalue weighted by molar-refractivity contribution is 0.768. The van der Waals surface area contributed by atoms with Crippen LogP contribution in [0.2, 0.25) is 0 Å². The molecule has 254 valence electrons. The summed E-state index contributed by atoms with van der Waals surface area (Å²) < 4.78 is 0. The zero-order valence-corrected chi connectivity index (χ0v) is 29.8. The molecule has 54 heavy (non-hydrogen) atoms. The fourth-order valence-corrected chi connectivity index (χ4v) is 8.80. The van der Waals surface area contributed by atoms with Gasteiger partial charge in [-0.1, -0.05) is 188 Å².